The first-order chi connectivity index (χ1) is 9.30. The van der Waals surface area contributed by atoms with Crippen molar-refractivity contribution in [3.63, 3.8) is 0 Å². The Balaban J connectivity index is 2.39. The quantitative estimate of drug-likeness (QED) is 0.746. The number of hydrogen-bond acceptors (Lipinski definition) is 2. The van der Waals surface area contributed by atoms with Gasteiger partial charge in [0.25, 0.3) is 5.91 Å². The Morgan fingerprint density at radius 2 is 2.15 bits per heavy atom. The molecule has 20 heavy (non-hydrogen) atoms. The van der Waals surface area contributed by atoms with Gasteiger partial charge >= 0.3 is 6.18 Å². The molecule has 1 unspecified atom stereocenters. The summed E-state index contributed by atoms with van der Waals surface area (Å²) in [6.45, 7) is 2.34. The summed E-state index contributed by atoms with van der Waals surface area (Å²) in [5.41, 5.74) is -1.17. The van der Waals surface area contributed by atoms with Crippen molar-refractivity contribution >= 4 is 33.6 Å². The van der Waals surface area contributed by atoms with Crippen LogP contribution in [0.1, 0.15) is 22.8 Å². The lowest BCUT2D eigenvalue weighted by Gasteiger charge is -2.33. The maximum Gasteiger partial charge on any atom is 0.417 e. The zero-order chi connectivity index (χ0) is 14.9. The molecule has 1 fully saturated rings. The van der Waals surface area contributed by atoms with Crippen molar-refractivity contribution < 1.29 is 18.0 Å². The van der Waals surface area contributed by atoms with Gasteiger partial charge in [-0.2, -0.15) is 24.9 Å². The molecule has 0 aromatic heterocycles. The normalized spacial score (nSPS) is 20.1. The summed E-state index contributed by atoms with van der Waals surface area (Å²) in [6, 6.07) is 3.61. The molecule has 7 heteroatoms. The zero-order valence-corrected chi connectivity index (χ0v) is 13.1. The summed E-state index contributed by atoms with van der Waals surface area (Å²) in [5, 5.41) is 0. The molecule has 1 aromatic carbocycles. The lowest BCUT2D eigenvalue weighted by atomic mass is 10.1. The molecule has 0 aliphatic carbocycles. The summed E-state index contributed by atoms with van der Waals surface area (Å²) in [7, 11) is 0. The molecule has 1 aromatic rings. The molecule has 0 spiro atoms. The predicted molar refractivity (Wildman–Crippen MR) is 77.0 cm³/mol. The number of rotatable bonds is 1. The molecule has 110 valence electrons. The number of carbonyl (C=O) groups is 1. The molecule has 0 saturated carbocycles. The van der Waals surface area contributed by atoms with Crippen LogP contribution in [-0.2, 0) is 6.18 Å². The second kappa shape index (κ2) is 5.97. The van der Waals surface area contributed by atoms with Crippen molar-refractivity contribution in [2.24, 2.45) is 0 Å². The van der Waals surface area contributed by atoms with E-state index in [4.69, 9.17) is 0 Å². The van der Waals surface area contributed by atoms with Gasteiger partial charge in [0.1, 0.15) is 0 Å². The van der Waals surface area contributed by atoms with Crippen molar-refractivity contribution in [3.8, 4) is 0 Å². The minimum absolute atomic E-state index is 0.0500. The van der Waals surface area contributed by atoms with Crippen molar-refractivity contribution in [1.82, 2.24) is 4.90 Å². The van der Waals surface area contributed by atoms with Crippen LogP contribution in [0.15, 0.2) is 22.7 Å². The van der Waals surface area contributed by atoms with E-state index < -0.39 is 17.6 Å². The lowest BCUT2D eigenvalue weighted by molar-refractivity contribution is -0.138. The van der Waals surface area contributed by atoms with E-state index in [0.29, 0.717) is 11.0 Å². The van der Waals surface area contributed by atoms with Gasteiger partial charge in [-0.15, -0.1) is 0 Å². The predicted octanol–water partition coefficient (Wildman–Crippen LogP) is 4.05. The Morgan fingerprint density at radius 1 is 1.45 bits per heavy atom. The van der Waals surface area contributed by atoms with Crippen LogP contribution in [0.25, 0.3) is 0 Å². The van der Waals surface area contributed by atoms with Gasteiger partial charge in [-0.25, -0.2) is 0 Å². The molecule has 1 heterocycles. The highest BCUT2D eigenvalue weighted by atomic mass is 79.9. The van der Waals surface area contributed by atoms with Crippen molar-refractivity contribution in [2.75, 3.05) is 18.1 Å². The van der Waals surface area contributed by atoms with E-state index in [1.807, 2.05) is 6.92 Å². The monoisotopic (exact) mass is 367 g/mol. The van der Waals surface area contributed by atoms with Crippen LogP contribution >= 0.6 is 27.7 Å². The van der Waals surface area contributed by atoms with E-state index in [0.717, 1.165) is 17.6 Å². The molecule has 2 rings (SSSR count). The summed E-state index contributed by atoms with van der Waals surface area (Å²) >= 11 is 4.73. The number of hydrogen-bond donors (Lipinski definition) is 0. The average Bonchev–Trinajstić information content (AvgIpc) is 2.37. The Bertz CT molecular complexity index is 521. The molecule has 2 nitrogen and oxygen atoms in total. The minimum Gasteiger partial charge on any atom is -0.334 e. The number of alkyl halides is 3. The van der Waals surface area contributed by atoms with E-state index in [9.17, 15) is 18.0 Å². The van der Waals surface area contributed by atoms with Gasteiger partial charge < -0.3 is 4.90 Å². The highest BCUT2D eigenvalue weighted by Gasteiger charge is 2.37. The molecular weight excluding hydrogens is 355 g/mol. The summed E-state index contributed by atoms with van der Waals surface area (Å²) < 4.78 is 39.5. The van der Waals surface area contributed by atoms with Gasteiger partial charge in [0.2, 0.25) is 0 Å². The molecule has 1 aliphatic heterocycles. The van der Waals surface area contributed by atoms with E-state index in [1.54, 1.807) is 11.8 Å². The average molecular weight is 368 g/mol. The zero-order valence-electron chi connectivity index (χ0n) is 10.7. The van der Waals surface area contributed by atoms with E-state index in [2.05, 4.69) is 15.9 Å². The summed E-state index contributed by atoms with van der Waals surface area (Å²) in [5.74, 6) is 0.968. The Morgan fingerprint density at radius 3 is 2.75 bits per heavy atom. The van der Waals surface area contributed by atoms with Gasteiger partial charge in [-0.1, -0.05) is 15.9 Å². The van der Waals surface area contributed by atoms with Gasteiger partial charge in [0.05, 0.1) is 11.1 Å². The van der Waals surface area contributed by atoms with Crippen LogP contribution in [0.5, 0.6) is 0 Å². The molecule has 1 saturated heterocycles. The third kappa shape index (κ3) is 3.31. The third-order valence-corrected chi connectivity index (χ3v) is 4.83. The van der Waals surface area contributed by atoms with Gasteiger partial charge in [-0.05, 0) is 25.1 Å². The van der Waals surface area contributed by atoms with Gasteiger partial charge in [0, 0.05) is 28.6 Å². The number of nitrogens with zero attached hydrogens (tertiary/aromatic N) is 1. The second-order valence-electron chi connectivity index (χ2n) is 4.61. The number of thioether (sulfide) groups is 1. The molecule has 1 atom stereocenters. The SMILES string of the molecule is CC1CSCCN1C(=O)c1ccc(Br)cc1C(F)(F)F. The highest BCUT2D eigenvalue weighted by molar-refractivity contribution is 9.10. The smallest absolute Gasteiger partial charge is 0.334 e. The first-order valence-electron chi connectivity index (χ1n) is 6.06. The van der Waals surface area contributed by atoms with Crippen LogP contribution in [-0.4, -0.2) is 34.9 Å². The van der Waals surface area contributed by atoms with Crippen LogP contribution < -0.4 is 0 Å². The summed E-state index contributed by atoms with van der Waals surface area (Å²) in [6.07, 6.45) is -4.54. The van der Waals surface area contributed by atoms with E-state index in [-0.39, 0.29) is 11.6 Å². The second-order valence-corrected chi connectivity index (χ2v) is 6.68. The third-order valence-electron chi connectivity index (χ3n) is 3.15. The number of carbonyl (C=O) groups excluding carboxylic acids is 1. The minimum atomic E-state index is -4.54. The van der Waals surface area contributed by atoms with Crippen LogP contribution in [0.4, 0.5) is 13.2 Å². The largest absolute Gasteiger partial charge is 0.417 e. The van der Waals surface area contributed by atoms with Crippen LogP contribution in [0, 0.1) is 0 Å². The fourth-order valence-corrected chi connectivity index (χ4v) is 3.50. The van der Waals surface area contributed by atoms with Crippen molar-refractivity contribution in [2.45, 2.75) is 19.1 Å². The Labute approximate surface area is 127 Å². The standard InChI is InChI=1S/C13H13BrF3NOS/c1-8-7-20-5-4-18(8)12(19)10-3-2-9(14)6-11(10)13(15,16)17/h2-3,6,8H,4-5,7H2,1H3. The maximum absolute atomic E-state index is 13.1. The van der Waals surface area contributed by atoms with E-state index >= 15 is 0 Å². The highest BCUT2D eigenvalue weighted by Crippen LogP contribution is 2.35. The maximum atomic E-state index is 13.1. The first kappa shape index (κ1) is 15.7. The lowest BCUT2D eigenvalue weighted by Crippen LogP contribution is -2.45. The molecule has 0 radical (unpaired) electrons. The summed E-state index contributed by atoms with van der Waals surface area (Å²) in [4.78, 5) is 13.9. The van der Waals surface area contributed by atoms with Crippen molar-refractivity contribution in [1.29, 1.82) is 0 Å². The van der Waals surface area contributed by atoms with Gasteiger partial charge in [-0.3, -0.25) is 4.79 Å². The fourth-order valence-electron chi connectivity index (χ4n) is 2.12. The molecule has 1 amide bonds. The number of amides is 1. The topological polar surface area (TPSA) is 20.3 Å². The Hall–Kier alpha value is -0.690. The number of halogens is 4. The molecule has 1 aliphatic rings. The molecule has 0 bridgehead atoms. The van der Waals surface area contributed by atoms with Crippen molar-refractivity contribution in [3.05, 3.63) is 33.8 Å². The van der Waals surface area contributed by atoms with Crippen LogP contribution in [0.3, 0.4) is 0 Å². The van der Waals surface area contributed by atoms with Crippen LogP contribution in [0.2, 0.25) is 0 Å². The Kier molecular flexibility index (Phi) is 4.69. The molecular formula is C13H13BrF3NOS. The fraction of sp³-hybridized carbons (Fsp3) is 0.462. The van der Waals surface area contributed by atoms with Gasteiger partial charge in [0.15, 0.2) is 0 Å². The van der Waals surface area contributed by atoms with E-state index in [1.165, 1.54) is 17.0 Å². The number of benzene rings is 1. The molecule has 0 N–H and O–H groups in total. The first-order valence-corrected chi connectivity index (χ1v) is 8.01.